The number of methoxy groups -OCH3 is 1. The Kier molecular flexibility index (Phi) is 7.58. The number of carbonyl (C=O) groups excluding carboxylic acids is 1. The highest BCUT2D eigenvalue weighted by Crippen LogP contribution is 2.43. The largest absolute Gasteiger partial charge is 0.494 e. The van der Waals surface area contributed by atoms with Crippen LogP contribution in [0.4, 0.5) is 4.79 Å². The van der Waals surface area contributed by atoms with E-state index < -0.39 is 18.3 Å². The third-order valence-corrected chi connectivity index (χ3v) is 9.98. The molecule has 1 N–H and O–H groups in total. The maximum atomic E-state index is 13.1. The molecule has 3 aromatic carbocycles. The van der Waals surface area contributed by atoms with E-state index in [1.807, 2.05) is 0 Å². The molecule has 4 heterocycles. The Morgan fingerprint density at radius 2 is 1.89 bits per heavy atom. The van der Waals surface area contributed by atoms with Crippen LogP contribution in [0, 0.1) is 5.92 Å². The average molecular weight is 612 g/mol. The van der Waals surface area contributed by atoms with Gasteiger partial charge in [0.1, 0.15) is 18.2 Å². The highest BCUT2D eigenvalue weighted by atomic mass is 16.7. The molecular weight excluding hydrogens is 569 g/mol. The van der Waals surface area contributed by atoms with E-state index in [-0.39, 0.29) is 18.1 Å². The Bertz CT molecular complexity index is 1750. The molecule has 0 bridgehead atoms. The SMILES string of the molecule is CCCCOC(=O)N1CC(COC)CC1c1nc2c(ccc3cc4c(cc32)OCc2cc(B3OC(C)(C)C(C)(C)O3)ccc2-4)[nH]1. The molecular formula is C35H42BN3O6. The summed E-state index contributed by atoms with van der Waals surface area (Å²) in [6, 6.07) is 14.7. The van der Waals surface area contributed by atoms with Gasteiger partial charge in [0.05, 0.1) is 41.5 Å². The topological polar surface area (TPSA) is 95.1 Å². The van der Waals surface area contributed by atoms with Crippen molar-refractivity contribution in [3.63, 3.8) is 0 Å². The number of aromatic amines is 1. The molecule has 2 unspecified atom stereocenters. The number of aromatic nitrogens is 2. The minimum absolute atomic E-state index is 0.208. The summed E-state index contributed by atoms with van der Waals surface area (Å²) in [5.74, 6) is 1.81. The number of rotatable bonds is 7. The lowest BCUT2D eigenvalue weighted by Gasteiger charge is -2.32. The van der Waals surface area contributed by atoms with Crippen LogP contribution in [0.2, 0.25) is 0 Å². The zero-order valence-electron chi connectivity index (χ0n) is 27.1. The van der Waals surface area contributed by atoms with Crippen molar-refractivity contribution in [2.45, 2.75) is 77.7 Å². The molecule has 2 fully saturated rings. The number of benzene rings is 3. The summed E-state index contributed by atoms with van der Waals surface area (Å²) in [5, 5.41) is 2.08. The Morgan fingerprint density at radius 3 is 2.64 bits per heavy atom. The molecule has 3 aliphatic heterocycles. The standard InChI is InChI=1S/C35H42BN3O6/c1-7-8-13-42-33(40)39-18-21(19-41-6)14-29(39)32-37-28-12-9-22-16-27-25-11-10-24(36-44-34(2,3)35(4,5)45-36)15-23(25)20-43-30(27)17-26(22)31(28)38-32/h9-12,15-17,21,29H,7-8,13-14,18-20H2,1-6H3,(H,37,38). The Labute approximate surface area is 264 Å². The molecule has 1 aromatic heterocycles. The van der Waals surface area contributed by atoms with Crippen molar-refractivity contribution in [1.29, 1.82) is 0 Å². The van der Waals surface area contributed by atoms with Crippen molar-refractivity contribution in [3.05, 3.63) is 53.9 Å². The molecule has 2 saturated heterocycles. The molecule has 45 heavy (non-hydrogen) atoms. The number of imidazole rings is 1. The van der Waals surface area contributed by atoms with Crippen LogP contribution in [0.1, 0.15) is 71.3 Å². The third kappa shape index (κ3) is 5.26. The van der Waals surface area contributed by atoms with Crippen molar-refractivity contribution >= 4 is 40.5 Å². The minimum Gasteiger partial charge on any atom is -0.488 e. The first-order chi connectivity index (χ1) is 21.6. The predicted molar refractivity (Wildman–Crippen MR) is 175 cm³/mol. The fourth-order valence-corrected chi connectivity index (χ4v) is 6.74. The zero-order chi connectivity index (χ0) is 31.5. The van der Waals surface area contributed by atoms with E-state index in [1.54, 1.807) is 12.0 Å². The van der Waals surface area contributed by atoms with Crippen molar-refractivity contribution in [3.8, 4) is 16.9 Å². The van der Waals surface area contributed by atoms with Gasteiger partial charge in [-0.15, -0.1) is 0 Å². The number of fused-ring (bicyclic) bond motifs is 6. The Morgan fingerprint density at radius 1 is 1.09 bits per heavy atom. The molecule has 10 heteroatoms. The summed E-state index contributed by atoms with van der Waals surface area (Å²) in [6.45, 7) is 12.4. The van der Waals surface area contributed by atoms with Gasteiger partial charge in [-0.05, 0) is 80.7 Å². The van der Waals surface area contributed by atoms with Gasteiger partial charge in [-0.2, -0.15) is 0 Å². The Balaban J connectivity index is 1.20. The number of nitrogens with one attached hydrogen (secondary N) is 1. The quantitative estimate of drug-likeness (QED) is 0.188. The molecule has 1 amide bonds. The van der Waals surface area contributed by atoms with Gasteiger partial charge in [-0.25, -0.2) is 9.78 Å². The van der Waals surface area contributed by atoms with Crippen LogP contribution in [0.3, 0.4) is 0 Å². The molecule has 7 rings (SSSR count). The van der Waals surface area contributed by atoms with E-state index in [2.05, 4.69) is 82.1 Å². The maximum Gasteiger partial charge on any atom is 0.494 e. The van der Waals surface area contributed by atoms with Crippen LogP contribution in [-0.2, 0) is 25.4 Å². The van der Waals surface area contributed by atoms with E-state index >= 15 is 0 Å². The van der Waals surface area contributed by atoms with E-state index in [0.717, 1.165) is 74.8 Å². The van der Waals surface area contributed by atoms with Crippen LogP contribution >= 0.6 is 0 Å². The molecule has 4 aromatic rings. The number of H-pyrrole nitrogens is 1. The average Bonchev–Trinajstić information content (AvgIpc) is 3.69. The number of nitrogens with zero attached hydrogens (tertiary/aromatic N) is 2. The molecule has 236 valence electrons. The molecule has 0 saturated carbocycles. The normalized spacial score (nSPS) is 21.6. The molecule has 9 nitrogen and oxygen atoms in total. The van der Waals surface area contributed by atoms with Crippen molar-refractivity contribution in [2.24, 2.45) is 5.92 Å². The summed E-state index contributed by atoms with van der Waals surface area (Å²) in [7, 11) is 1.28. The molecule has 3 aliphatic rings. The van der Waals surface area contributed by atoms with Crippen LogP contribution in [0.25, 0.3) is 32.9 Å². The summed E-state index contributed by atoms with van der Waals surface area (Å²) in [5.41, 5.74) is 5.30. The number of unbranched alkanes of at least 4 members (excludes halogenated alkanes) is 1. The lowest BCUT2D eigenvalue weighted by molar-refractivity contribution is 0.00578. The van der Waals surface area contributed by atoms with Gasteiger partial charge in [0.15, 0.2) is 0 Å². The van der Waals surface area contributed by atoms with Gasteiger partial charge in [-0.1, -0.05) is 37.6 Å². The van der Waals surface area contributed by atoms with Gasteiger partial charge < -0.3 is 28.5 Å². The summed E-state index contributed by atoms with van der Waals surface area (Å²) in [4.78, 5) is 23.5. The lowest BCUT2D eigenvalue weighted by Crippen LogP contribution is -2.41. The number of likely N-dealkylation sites (tertiary alicyclic amines) is 1. The van der Waals surface area contributed by atoms with E-state index in [1.165, 1.54) is 0 Å². The Hall–Kier alpha value is -3.60. The molecule has 0 aliphatic carbocycles. The fraction of sp³-hybridized carbons (Fsp3) is 0.486. The predicted octanol–water partition coefficient (Wildman–Crippen LogP) is 6.52. The molecule has 0 radical (unpaired) electrons. The lowest BCUT2D eigenvalue weighted by atomic mass is 9.77. The molecule has 0 spiro atoms. The van der Waals surface area contributed by atoms with E-state index in [0.29, 0.717) is 26.4 Å². The fourth-order valence-electron chi connectivity index (χ4n) is 6.74. The highest BCUT2D eigenvalue weighted by molar-refractivity contribution is 6.62. The zero-order valence-corrected chi connectivity index (χ0v) is 27.1. The van der Waals surface area contributed by atoms with Crippen molar-refractivity contribution in [1.82, 2.24) is 14.9 Å². The van der Waals surface area contributed by atoms with Crippen molar-refractivity contribution in [2.75, 3.05) is 26.9 Å². The van der Waals surface area contributed by atoms with Gasteiger partial charge in [0.2, 0.25) is 0 Å². The summed E-state index contributed by atoms with van der Waals surface area (Å²) >= 11 is 0. The molecule has 2 atom stereocenters. The van der Waals surface area contributed by atoms with Gasteiger partial charge in [-0.3, -0.25) is 4.90 Å². The monoisotopic (exact) mass is 611 g/mol. The summed E-state index contributed by atoms with van der Waals surface area (Å²) in [6.07, 6.45) is 2.29. The second-order valence-electron chi connectivity index (χ2n) is 13.6. The van der Waals surface area contributed by atoms with Crippen molar-refractivity contribution < 1.29 is 28.3 Å². The first kappa shape index (κ1) is 30.1. The van der Waals surface area contributed by atoms with Crippen LogP contribution < -0.4 is 10.2 Å². The number of hydrogen-bond acceptors (Lipinski definition) is 7. The number of carbonyl (C=O) groups is 1. The van der Waals surface area contributed by atoms with E-state index in [4.69, 9.17) is 28.5 Å². The smallest absolute Gasteiger partial charge is 0.488 e. The third-order valence-electron chi connectivity index (χ3n) is 9.98. The van der Waals surface area contributed by atoms with Crippen LogP contribution in [0.5, 0.6) is 5.75 Å². The summed E-state index contributed by atoms with van der Waals surface area (Å²) < 4.78 is 30.0. The van der Waals surface area contributed by atoms with Crippen LogP contribution in [-0.4, -0.2) is 66.1 Å². The second kappa shape index (κ2) is 11.3. The van der Waals surface area contributed by atoms with Crippen LogP contribution in [0.15, 0.2) is 42.5 Å². The second-order valence-corrected chi connectivity index (χ2v) is 13.6. The first-order valence-electron chi connectivity index (χ1n) is 16.1. The number of ether oxygens (including phenoxy) is 3. The maximum absolute atomic E-state index is 13.1. The first-order valence-corrected chi connectivity index (χ1v) is 16.1. The van der Waals surface area contributed by atoms with Gasteiger partial charge in [0, 0.05) is 30.5 Å². The highest BCUT2D eigenvalue weighted by Gasteiger charge is 2.51. The number of hydrogen-bond donors (Lipinski definition) is 1. The van der Waals surface area contributed by atoms with Gasteiger partial charge in [0.25, 0.3) is 0 Å². The van der Waals surface area contributed by atoms with E-state index in [9.17, 15) is 4.79 Å². The minimum atomic E-state index is -0.417. The van der Waals surface area contributed by atoms with Gasteiger partial charge >= 0.3 is 13.2 Å². The number of amides is 1.